The molecule has 0 radical (unpaired) electrons. The Labute approximate surface area is 133 Å². The molecule has 1 amide bonds. The molecule has 0 unspecified atom stereocenters. The van der Waals surface area contributed by atoms with Gasteiger partial charge in [0.25, 0.3) is 5.91 Å². The molecule has 1 aliphatic rings. The summed E-state index contributed by atoms with van der Waals surface area (Å²) < 4.78 is 32.8. The Morgan fingerprint density at radius 3 is 2.87 bits per heavy atom. The molecule has 8 heteroatoms. The molecule has 0 spiro atoms. The second-order valence-corrected chi connectivity index (χ2v) is 6.81. The summed E-state index contributed by atoms with van der Waals surface area (Å²) in [5.41, 5.74) is 0.959. The summed E-state index contributed by atoms with van der Waals surface area (Å²) in [5.74, 6) is 0.128. The molecule has 1 atom stereocenters. The lowest BCUT2D eigenvalue weighted by molar-refractivity contribution is -0.118. The molecule has 2 aromatic rings. The molecule has 2 heterocycles. The first kappa shape index (κ1) is 15.4. The van der Waals surface area contributed by atoms with Gasteiger partial charge in [0, 0.05) is 6.20 Å². The third-order valence-corrected chi connectivity index (χ3v) is 4.90. The van der Waals surface area contributed by atoms with E-state index in [4.69, 9.17) is 4.74 Å². The van der Waals surface area contributed by atoms with Crippen LogP contribution in [0.1, 0.15) is 18.7 Å². The van der Waals surface area contributed by atoms with Crippen molar-refractivity contribution in [3.05, 3.63) is 48.3 Å². The van der Waals surface area contributed by atoms with Crippen LogP contribution in [0.5, 0.6) is 5.75 Å². The predicted molar refractivity (Wildman–Crippen MR) is 83.5 cm³/mol. The molecule has 120 valence electrons. The number of ether oxygens (including phenoxy) is 1. The van der Waals surface area contributed by atoms with Crippen molar-refractivity contribution < 1.29 is 17.9 Å². The fraction of sp³-hybridized carbons (Fsp3) is 0.200. The molecule has 0 saturated heterocycles. The van der Waals surface area contributed by atoms with Gasteiger partial charge in [-0.1, -0.05) is 6.07 Å². The number of nitrogens with zero attached hydrogens (tertiary/aromatic N) is 1. The van der Waals surface area contributed by atoms with Crippen LogP contribution in [0.4, 0.5) is 5.69 Å². The molecule has 0 saturated carbocycles. The average Bonchev–Trinajstić information content (AvgIpc) is 2.54. The highest BCUT2D eigenvalue weighted by atomic mass is 32.2. The topological polar surface area (TPSA) is 97.4 Å². The van der Waals surface area contributed by atoms with Crippen molar-refractivity contribution in [2.45, 2.75) is 17.9 Å². The van der Waals surface area contributed by atoms with Gasteiger partial charge in [-0.3, -0.25) is 9.78 Å². The number of sulfonamides is 1. The molecule has 0 fully saturated rings. The van der Waals surface area contributed by atoms with Crippen molar-refractivity contribution in [3.63, 3.8) is 0 Å². The Morgan fingerprint density at radius 2 is 2.13 bits per heavy atom. The summed E-state index contributed by atoms with van der Waals surface area (Å²) in [6.07, 6.45) is 1.60. The van der Waals surface area contributed by atoms with E-state index in [1.807, 2.05) is 0 Å². The van der Waals surface area contributed by atoms with Crippen molar-refractivity contribution in [2.24, 2.45) is 0 Å². The van der Waals surface area contributed by atoms with Gasteiger partial charge >= 0.3 is 0 Å². The van der Waals surface area contributed by atoms with E-state index in [0.717, 1.165) is 0 Å². The van der Waals surface area contributed by atoms with Crippen molar-refractivity contribution in [3.8, 4) is 5.75 Å². The molecule has 7 nitrogen and oxygen atoms in total. The molecular weight excluding hydrogens is 318 g/mol. The van der Waals surface area contributed by atoms with Crippen molar-refractivity contribution in [1.29, 1.82) is 0 Å². The van der Waals surface area contributed by atoms with E-state index in [2.05, 4.69) is 15.0 Å². The van der Waals surface area contributed by atoms with Gasteiger partial charge in [0.15, 0.2) is 6.61 Å². The van der Waals surface area contributed by atoms with Gasteiger partial charge in [-0.2, -0.15) is 0 Å². The van der Waals surface area contributed by atoms with Gasteiger partial charge in [0.2, 0.25) is 10.0 Å². The zero-order valence-corrected chi connectivity index (χ0v) is 13.1. The standard InChI is InChI=1S/C15H15N3O4S/c1-10(12-4-2-3-7-16-12)18-23(20,21)11-5-6-14-13(8-11)17-15(19)9-22-14/h2-8,10,18H,9H2,1H3,(H,17,19)/t10-/m1/s1. The first-order chi connectivity index (χ1) is 11.0. The maximum Gasteiger partial charge on any atom is 0.262 e. The highest BCUT2D eigenvalue weighted by molar-refractivity contribution is 7.89. The van der Waals surface area contributed by atoms with Crippen molar-refractivity contribution in [1.82, 2.24) is 9.71 Å². The van der Waals surface area contributed by atoms with E-state index in [1.54, 1.807) is 31.3 Å². The summed E-state index contributed by atoms with van der Waals surface area (Å²) in [4.78, 5) is 15.5. The van der Waals surface area contributed by atoms with Gasteiger partial charge in [0.1, 0.15) is 5.75 Å². The number of amides is 1. The Kier molecular flexibility index (Phi) is 4.01. The molecule has 1 aromatic heterocycles. The van der Waals surface area contributed by atoms with Crippen LogP contribution in [0.2, 0.25) is 0 Å². The van der Waals surface area contributed by atoms with Crippen LogP contribution >= 0.6 is 0 Å². The third kappa shape index (κ3) is 3.33. The van der Waals surface area contributed by atoms with E-state index < -0.39 is 16.1 Å². The molecule has 1 aliphatic heterocycles. The van der Waals surface area contributed by atoms with Gasteiger partial charge in [0.05, 0.1) is 22.3 Å². The average molecular weight is 333 g/mol. The number of hydrogen-bond donors (Lipinski definition) is 2. The normalized spacial score (nSPS) is 15.3. The summed E-state index contributed by atoms with van der Waals surface area (Å²) >= 11 is 0. The third-order valence-electron chi connectivity index (χ3n) is 3.36. The van der Waals surface area contributed by atoms with Gasteiger partial charge in [-0.15, -0.1) is 0 Å². The Morgan fingerprint density at radius 1 is 1.30 bits per heavy atom. The quantitative estimate of drug-likeness (QED) is 0.882. The van der Waals surface area contributed by atoms with Crippen LogP contribution in [-0.4, -0.2) is 25.9 Å². The SMILES string of the molecule is C[C@@H](NS(=O)(=O)c1ccc2c(c1)NC(=O)CO2)c1ccccn1. The number of aromatic nitrogens is 1. The maximum atomic E-state index is 12.5. The Bertz CT molecular complexity index is 837. The number of pyridine rings is 1. The first-order valence-electron chi connectivity index (χ1n) is 6.96. The van der Waals surface area contributed by atoms with Crippen LogP contribution in [0.15, 0.2) is 47.5 Å². The zero-order valence-electron chi connectivity index (χ0n) is 12.3. The summed E-state index contributed by atoms with van der Waals surface area (Å²) in [6, 6.07) is 9.14. The number of anilines is 1. The molecule has 2 N–H and O–H groups in total. The Hall–Kier alpha value is -2.45. The highest BCUT2D eigenvalue weighted by Gasteiger charge is 2.23. The summed E-state index contributed by atoms with van der Waals surface area (Å²) in [7, 11) is -3.76. The van der Waals surface area contributed by atoms with Gasteiger partial charge in [-0.25, -0.2) is 13.1 Å². The molecule has 23 heavy (non-hydrogen) atoms. The lowest BCUT2D eigenvalue weighted by Gasteiger charge is -2.19. The molecular formula is C15H15N3O4S. The minimum absolute atomic E-state index is 0.0461. The lowest BCUT2D eigenvalue weighted by atomic mass is 10.2. The molecule has 1 aromatic carbocycles. The Balaban J connectivity index is 1.85. The van der Waals surface area contributed by atoms with E-state index in [0.29, 0.717) is 17.1 Å². The smallest absolute Gasteiger partial charge is 0.262 e. The monoisotopic (exact) mass is 333 g/mol. The number of nitrogens with one attached hydrogen (secondary N) is 2. The maximum absolute atomic E-state index is 12.5. The largest absolute Gasteiger partial charge is 0.482 e. The van der Waals surface area contributed by atoms with E-state index in [9.17, 15) is 13.2 Å². The van der Waals surface area contributed by atoms with Crippen molar-refractivity contribution in [2.75, 3.05) is 11.9 Å². The zero-order chi connectivity index (χ0) is 16.4. The summed E-state index contributed by atoms with van der Waals surface area (Å²) in [6.45, 7) is 1.64. The highest BCUT2D eigenvalue weighted by Crippen LogP contribution is 2.30. The van der Waals surface area contributed by atoms with Crippen LogP contribution in [0, 0.1) is 0 Å². The van der Waals surface area contributed by atoms with E-state index >= 15 is 0 Å². The summed E-state index contributed by atoms with van der Waals surface area (Å²) in [5, 5.41) is 2.59. The molecule has 3 rings (SSSR count). The molecule has 0 aliphatic carbocycles. The van der Waals surface area contributed by atoms with E-state index in [-0.39, 0.29) is 17.4 Å². The number of fused-ring (bicyclic) bond motifs is 1. The number of carbonyl (C=O) groups is 1. The van der Waals surface area contributed by atoms with Crippen LogP contribution in [-0.2, 0) is 14.8 Å². The molecule has 0 bridgehead atoms. The fourth-order valence-electron chi connectivity index (χ4n) is 2.22. The van der Waals surface area contributed by atoms with Crippen LogP contribution in [0.25, 0.3) is 0 Å². The number of hydrogen-bond acceptors (Lipinski definition) is 5. The van der Waals surface area contributed by atoms with Gasteiger partial charge in [-0.05, 0) is 37.3 Å². The van der Waals surface area contributed by atoms with Crippen LogP contribution in [0.3, 0.4) is 0 Å². The minimum atomic E-state index is -3.76. The lowest BCUT2D eigenvalue weighted by Crippen LogP contribution is -2.28. The predicted octanol–water partition coefficient (Wildman–Crippen LogP) is 1.45. The van der Waals surface area contributed by atoms with Gasteiger partial charge < -0.3 is 10.1 Å². The van der Waals surface area contributed by atoms with E-state index in [1.165, 1.54) is 18.2 Å². The minimum Gasteiger partial charge on any atom is -0.482 e. The first-order valence-corrected chi connectivity index (χ1v) is 8.44. The van der Waals surface area contributed by atoms with Crippen LogP contribution < -0.4 is 14.8 Å². The fourth-order valence-corrected chi connectivity index (χ4v) is 3.47. The number of rotatable bonds is 4. The number of carbonyl (C=O) groups excluding carboxylic acids is 1. The van der Waals surface area contributed by atoms with Crippen molar-refractivity contribution >= 4 is 21.6 Å². The second-order valence-electron chi connectivity index (χ2n) is 5.09. The second kappa shape index (κ2) is 5.98. The number of benzene rings is 1.